The fourth-order valence-corrected chi connectivity index (χ4v) is 2.91. The van der Waals surface area contributed by atoms with Crippen LogP contribution in [0.1, 0.15) is 25.0 Å². The number of amides is 1. The van der Waals surface area contributed by atoms with Gasteiger partial charge < -0.3 is 14.6 Å². The van der Waals surface area contributed by atoms with E-state index in [0.717, 1.165) is 25.9 Å². The lowest BCUT2D eigenvalue weighted by Crippen LogP contribution is -2.40. The highest BCUT2D eigenvalue weighted by molar-refractivity contribution is 7.89. The zero-order chi connectivity index (χ0) is 15.3. The summed E-state index contributed by atoms with van der Waals surface area (Å²) in [5.74, 6) is 0.555. The Morgan fingerprint density at radius 1 is 1.29 bits per heavy atom. The zero-order valence-electron chi connectivity index (χ0n) is 12.1. The van der Waals surface area contributed by atoms with Crippen molar-refractivity contribution in [3.8, 4) is 0 Å². The number of carbonyl (C=O) groups excluding carboxylic acids is 1. The van der Waals surface area contributed by atoms with Crippen LogP contribution in [0.3, 0.4) is 0 Å². The minimum atomic E-state index is -3.56. The molecule has 1 aliphatic heterocycles. The van der Waals surface area contributed by atoms with Gasteiger partial charge in [0, 0.05) is 13.1 Å². The Bertz CT molecular complexity index is 576. The van der Waals surface area contributed by atoms with E-state index in [4.69, 9.17) is 4.42 Å². The molecule has 0 atom stereocenters. The van der Waals surface area contributed by atoms with Crippen molar-refractivity contribution in [1.29, 1.82) is 0 Å². The highest BCUT2D eigenvalue weighted by Crippen LogP contribution is 2.13. The lowest BCUT2D eigenvalue weighted by Gasteiger charge is -2.26. The lowest BCUT2D eigenvalue weighted by atomic mass is 10.1. The molecule has 2 rings (SSSR count). The zero-order valence-corrected chi connectivity index (χ0v) is 12.9. The summed E-state index contributed by atoms with van der Waals surface area (Å²) in [6.07, 6.45) is 3.32. The first kappa shape index (κ1) is 16.0. The molecule has 0 aliphatic carbocycles. The number of nitrogens with zero attached hydrogens (tertiary/aromatic N) is 1. The van der Waals surface area contributed by atoms with Gasteiger partial charge in [0.2, 0.25) is 11.0 Å². The van der Waals surface area contributed by atoms with Crippen LogP contribution in [0.5, 0.6) is 0 Å². The summed E-state index contributed by atoms with van der Waals surface area (Å²) >= 11 is 0. The van der Waals surface area contributed by atoms with Gasteiger partial charge in [-0.15, -0.1) is 0 Å². The van der Waals surface area contributed by atoms with Gasteiger partial charge in [-0.05, 0) is 38.4 Å². The molecule has 0 aromatic carbocycles. The van der Waals surface area contributed by atoms with E-state index >= 15 is 0 Å². The van der Waals surface area contributed by atoms with E-state index in [1.54, 1.807) is 6.07 Å². The fraction of sp³-hybridized carbons (Fsp3) is 0.615. The molecule has 1 aromatic heterocycles. The Morgan fingerprint density at radius 2 is 2.00 bits per heavy atom. The van der Waals surface area contributed by atoms with Crippen LogP contribution in [-0.2, 0) is 21.4 Å². The number of furan rings is 1. The molecule has 0 spiro atoms. The monoisotopic (exact) mass is 315 g/mol. The predicted octanol–water partition coefficient (Wildman–Crippen LogP) is 0.290. The van der Waals surface area contributed by atoms with Crippen molar-refractivity contribution in [3.63, 3.8) is 0 Å². The highest BCUT2D eigenvalue weighted by Gasteiger charge is 2.17. The van der Waals surface area contributed by atoms with Gasteiger partial charge in [-0.3, -0.25) is 4.79 Å². The van der Waals surface area contributed by atoms with Gasteiger partial charge in [-0.1, -0.05) is 0 Å². The maximum atomic E-state index is 11.9. The van der Waals surface area contributed by atoms with Gasteiger partial charge >= 0.3 is 0 Å². The second-order valence-corrected chi connectivity index (χ2v) is 6.79. The number of nitrogens with one attached hydrogen (secondary N) is 2. The van der Waals surface area contributed by atoms with Crippen LogP contribution in [0, 0.1) is 0 Å². The van der Waals surface area contributed by atoms with Crippen LogP contribution in [0.4, 0.5) is 0 Å². The molecule has 0 unspecified atom stereocenters. The summed E-state index contributed by atoms with van der Waals surface area (Å²) in [5, 5.41) is 2.86. The summed E-state index contributed by atoms with van der Waals surface area (Å²) in [4.78, 5) is 13.8. The minimum Gasteiger partial charge on any atom is -0.447 e. The summed E-state index contributed by atoms with van der Waals surface area (Å²) in [6, 6.07) is 2.98. The molecule has 0 radical (unpaired) electrons. The molecule has 1 saturated heterocycles. The van der Waals surface area contributed by atoms with Crippen molar-refractivity contribution in [2.75, 3.05) is 26.7 Å². The Hall–Kier alpha value is -1.38. The first-order valence-electron chi connectivity index (χ1n) is 7.03. The number of piperidine rings is 1. The van der Waals surface area contributed by atoms with Gasteiger partial charge in [-0.25, -0.2) is 13.1 Å². The van der Waals surface area contributed by atoms with Gasteiger partial charge in [-0.2, -0.15) is 0 Å². The second kappa shape index (κ2) is 7.06. The molecule has 0 saturated carbocycles. The SMILES string of the molecule is CNS(=O)(=O)c1ccc(CNCC(=O)N2CCCCC2)o1. The summed E-state index contributed by atoms with van der Waals surface area (Å²) in [6.45, 7) is 2.20. The molecule has 21 heavy (non-hydrogen) atoms. The third-order valence-corrected chi connectivity index (χ3v) is 4.74. The van der Waals surface area contributed by atoms with E-state index in [0.29, 0.717) is 12.3 Å². The Morgan fingerprint density at radius 3 is 2.67 bits per heavy atom. The lowest BCUT2D eigenvalue weighted by molar-refractivity contribution is -0.131. The van der Waals surface area contributed by atoms with Gasteiger partial charge in [0.05, 0.1) is 13.1 Å². The molecule has 0 bridgehead atoms. The number of rotatable bonds is 6. The number of likely N-dealkylation sites (tertiary alicyclic amines) is 1. The third-order valence-electron chi connectivity index (χ3n) is 3.45. The van der Waals surface area contributed by atoms with Gasteiger partial charge in [0.15, 0.2) is 0 Å². The van der Waals surface area contributed by atoms with Crippen molar-refractivity contribution < 1.29 is 17.6 Å². The number of carbonyl (C=O) groups is 1. The van der Waals surface area contributed by atoms with Crippen LogP contribution in [0.15, 0.2) is 21.6 Å². The van der Waals surface area contributed by atoms with Crippen molar-refractivity contribution in [2.45, 2.75) is 30.9 Å². The highest BCUT2D eigenvalue weighted by atomic mass is 32.2. The average molecular weight is 315 g/mol. The van der Waals surface area contributed by atoms with Gasteiger partial charge in [0.25, 0.3) is 10.0 Å². The second-order valence-electron chi connectivity index (χ2n) is 4.97. The van der Waals surface area contributed by atoms with Crippen molar-refractivity contribution in [3.05, 3.63) is 17.9 Å². The largest absolute Gasteiger partial charge is 0.447 e. The first-order chi connectivity index (χ1) is 10.0. The van der Waals surface area contributed by atoms with E-state index in [-0.39, 0.29) is 17.5 Å². The van der Waals surface area contributed by atoms with Crippen LogP contribution in [-0.4, -0.2) is 45.9 Å². The molecule has 7 nitrogen and oxygen atoms in total. The number of hydrogen-bond acceptors (Lipinski definition) is 5. The van der Waals surface area contributed by atoms with Crippen molar-refractivity contribution >= 4 is 15.9 Å². The van der Waals surface area contributed by atoms with E-state index in [2.05, 4.69) is 10.0 Å². The molecule has 118 valence electrons. The average Bonchev–Trinajstić information content (AvgIpc) is 2.98. The maximum Gasteiger partial charge on any atom is 0.273 e. The van der Waals surface area contributed by atoms with Crippen molar-refractivity contribution in [1.82, 2.24) is 14.9 Å². The predicted molar refractivity (Wildman–Crippen MR) is 77.1 cm³/mol. The number of hydrogen-bond donors (Lipinski definition) is 2. The molecule has 1 amide bonds. The van der Waals surface area contributed by atoms with Crippen LogP contribution >= 0.6 is 0 Å². The van der Waals surface area contributed by atoms with Crippen LogP contribution in [0.25, 0.3) is 0 Å². The summed E-state index contributed by atoms with van der Waals surface area (Å²) in [5.41, 5.74) is 0. The van der Waals surface area contributed by atoms with Gasteiger partial charge in [0.1, 0.15) is 5.76 Å². The quantitative estimate of drug-likeness (QED) is 0.787. The summed E-state index contributed by atoms with van der Waals surface area (Å²) < 4.78 is 30.4. The minimum absolute atomic E-state index is 0.0734. The van der Waals surface area contributed by atoms with E-state index in [1.807, 2.05) is 4.90 Å². The Kier molecular flexibility index (Phi) is 5.38. The molecule has 8 heteroatoms. The summed E-state index contributed by atoms with van der Waals surface area (Å²) in [7, 11) is -2.23. The van der Waals surface area contributed by atoms with Crippen molar-refractivity contribution in [2.24, 2.45) is 0 Å². The molecular weight excluding hydrogens is 294 g/mol. The Balaban J connectivity index is 1.80. The smallest absolute Gasteiger partial charge is 0.273 e. The van der Waals surface area contributed by atoms with Crippen LogP contribution < -0.4 is 10.0 Å². The van der Waals surface area contributed by atoms with E-state index in [9.17, 15) is 13.2 Å². The maximum absolute atomic E-state index is 11.9. The first-order valence-corrected chi connectivity index (χ1v) is 8.52. The number of sulfonamides is 1. The molecule has 1 fully saturated rings. The standard InChI is InChI=1S/C13H21N3O4S/c1-14-21(18,19)13-6-5-11(20-13)9-15-10-12(17)16-7-3-2-4-8-16/h5-6,14-15H,2-4,7-10H2,1H3. The van der Waals surface area contributed by atoms with Crippen LogP contribution in [0.2, 0.25) is 0 Å². The molecular formula is C13H21N3O4S. The Labute approximate surface area is 124 Å². The normalized spacial score (nSPS) is 16.1. The molecule has 2 N–H and O–H groups in total. The third kappa shape index (κ3) is 4.29. The van der Waals surface area contributed by atoms with E-state index < -0.39 is 10.0 Å². The fourth-order valence-electron chi connectivity index (χ4n) is 2.25. The molecule has 2 heterocycles. The topological polar surface area (TPSA) is 91.7 Å². The molecule has 1 aromatic rings. The molecule has 1 aliphatic rings. The van der Waals surface area contributed by atoms with E-state index in [1.165, 1.54) is 19.5 Å².